The number of quaternary nitrogens is 1. The Hall–Kier alpha value is -1.30. The number of hydrogen-bond acceptors (Lipinski definition) is 1. The summed E-state index contributed by atoms with van der Waals surface area (Å²) in [5.41, 5.74) is 0.132. The molecule has 108 valence electrons. The number of hydrogen-bond donors (Lipinski definition) is 2. The second-order valence-corrected chi connectivity index (χ2v) is 6.11. The van der Waals surface area contributed by atoms with Crippen molar-refractivity contribution in [3.63, 3.8) is 0 Å². The van der Waals surface area contributed by atoms with Gasteiger partial charge in [0.2, 0.25) is 0 Å². The summed E-state index contributed by atoms with van der Waals surface area (Å²) < 4.78 is 0. The van der Waals surface area contributed by atoms with Crippen LogP contribution in [-0.4, -0.2) is 24.7 Å². The highest BCUT2D eigenvalue weighted by atomic mass is 16.3. The highest BCUT2D eigenvalue weighted by molar-refractivity contribution is 5.25. The maximum Gasteiger partial charge on any atom is 0.139 e. The summed E-state index contributed by atoms with van der Waals surface area (Å²) in [6.45, 7) is 7.54. The molecule has 0 saturated carbocycles. The normalized spacial score (nSPS) is 18.6. The van der Waals surface area contributed by atoms with E-state index in [1.807, 2.05) is 30.3 Å². The lowest BCUT2D eigenvalue weighted by molar-refractivity contribution is -0.879. The minimum absolute atomic E-state index is 0.151. The predicted octanol–water partition coefficient (Wildman–Crippen LogP) is 1.60. The molecule has 1 saturated heterocycles. The smallest absolute Gasteiger partial charge is 0.139 e. The number of aliphatic hydroxyl groups is 1. The molecule has 0 aromatic heterocycles. The Morgan fingerprint density at radius 3 is 2.40 bits per heavy atom. The summed E-state index contributed by atoms with van der Waals surface area (Å²) in [7, 11) is 0. The predicted molar refractivity (Wildman–Crippen MR) is 82.4 cm³/mol. The fraction of sp³-hybridized carbons (Fsp3) is 0.556. The van der Waals surface area contributed by atoms with E-state index >= 15 is 0 Å². The third-order valence-electron chi connectivity index (χ3n) is 4.36. The molecular formula is C18H26NO+. The summed E-state index contributed by atoms with van der Waals surface area (Å²) >= 11 is 0. The van der Waals surface area contributed by atoms with E-state index < -0.39 is 5.60 Å². The summed E-state index contributed by atoms with van der Waals surface area (Å²) in [6, 6.07) is 9.92. The molecule has 1 aromatic rings. The molecule has 0 aliphatic carbocycles. The molecule has 0 bridgehead atoms. The van der Waals surface area contributed by atoms with Gasteiger partial charge in [-0.05, 0) is 17.4 Å². The fourth-order valence-corrected chi connectivity index (χ4v) is 2.80. The molecule has 0 spiro atoms. The van der Waals surface area contributed by atoms with Crippen molar-refractivity contribution in [2.45, 2.75) is 38.7 Å². The lowest BCUT2D eigenvalue weighted by Gasteiger charge is -2.31. The topological polar surface area (TPSA) is 24.7 Å². The van der Waals surface area contributed by atoms with Crippen molar-refractivity contribution in [3.8, 4) is 11.8 Å². The molecule has 1 aromatic carbocycles. The Kier molecular flexibility index (Phi) is 5.23. The van der Waals surface area contributed by atoms with Crippen molar-refractivity contribution in [1.82, 2.24) is 0 Å². The Morgan fingerprint density at radius 1 is 1.15 bits per heavy atom. The summed E-state index contributed by atoms with van der Waals surface area (Å²) in [4.78, 5) is 1.59. The van der Waals surface area contributed by atoms with Crippen LogP contribution in [0.3, 0.4) is 0 Å². The molecule has 0 amide bonds. The maximum atomic E-state index is 10.9. The molecule has 1 atom stereocenters. The van der Waals surface area contributed by atoms with Gasteiger partial charge in [-0.1, -0.05) is 50.1 Å². The molecule has 0 radical (unpaired) electrons. The van der Waals surface area contributed by atoms with E-state index in [1.165, 1.54) is 25.9 Å². The molecule has 2 nitrogen and oxygen atoms in total. The number of benzene rings is 1. The minimum atomic E-state index is -0.839. The standard InChI is InChI=1S/C18H25NO/c1-16(2)18(20,17-10-4-3-5-11-17)12-6-7-13-19-14-8-9-15-19/h3-5,10-11,16,20H,8-9,12-15H2,1-2H3/p+1/t18-/m0/s1. The molecular weight excluding hydrogens is 246 g/mol. The molecule has 1 fully saturated rings. The van der Waals surface area contributed by atoms with Crippen molar-refractivity contribution in [1.29, 1.82) is 0 Å². The average Bonchev–Trinajstić information content (AvgIpc) is 2.97. The Bertz CT molecular complexity index is 465. The minimum Gasteiger partial charge on any atom is -0.384 e. The van der Waals surface area contributed by atoms with Crippen LogP contribution in [-0.2, 0) is 5.60 Å². The first-order chi connectivity index (χ1) is 9.63. The van der Waals surface area contributed by atoms with Crippen molar-refractivity contribution < 1.29 is 10.0 Å². The second-order valence-electron chi connectivity index (χ2n) is 6.11. The largest absolute Gasteiger partial charge is 0.384 e. The van der Waals surface area contributed by atoms with Crippen LogP contribution < -0.4 is 4.90 Å². The monoisotopic (exact) mass is 272 g/mol. The van der Waals surface area contributed by atoms with E-state index in [2.05, 4.69) is 25.7 Å². The van der Waals surface area contributed by atoms with E-state index in [9.17, 15) is 5.11 Å². The van der Waals surface area contributed by atoms with Crippen LogP contribution in [0.2, 0.25) is 0 Å². The third-order valence-corrected chi connectivity index (χ3v) is 4.36. The average molecular weight is 272 g/mol. The van der Waals surface area contributed by atoms with Crippen LogP contribution in [0.1, 0.15) is 38.7 Å². The van der Waals surface area contributed by atoms with Gasteiger partial charge in [0.15, 0.2) is 0 Å². The zero-order valence-corrected chi connectivity index (χ0v) is 12.7. The van der Waals surface area contributed by atoms with E-state index in [1.54, 1.807) is 4.90 Å². The van der Waals surface area contributed by atoms with Gasteiger partial charge in [0.05, 0.1) is 13.1 Å². The third kappa shape index (κ3) is 3.62. The van der Waals surface area contributed by atoms with Gasteiger partial charge in [0.1, 0.15) is 12.1 Å². The van der Waals surface area contributed by atoms with E-state index in [0.29, 0.717) is 6.42 Å². The number of rotatable bonds is 4. The van der Waals surface area contributed by atoms with E-state index in [-0.39, 0.29) is 5.92 Å². The van der Waals surface area contributed by atoms with Crippen LogP contribution in [0.25, 0.3) is 0 Å². The van der Waals surface area contributed by atoms with Crippen molar-refractivity contribution in [3.05, 3.63) is 35.9 Å². The molecule has 1 aliphatic heterocycles. The SMILES string of the molecule is CC(C)[C@@](O)(CC#CC[NH+]1CCCC1)c1ccccc1. The van der Waals surface area contributed by atoms with Crippen LogP contribution in [0, 0.1) is 17.8 Å². The van der Waals surface area contributed by atoms with Gasteiger partial charge in [-0.25, -0.2) is 0 Å². The van der Waals surface area contributed by atoms with Gasteiger partial charge in [-0.2, -0.15) is 0 Å². The molecule has 0 unspecified atom stereocenters. The summed E-state index contributed by atoms with van der Waals surface area (Å²) in [5.74, 6) is 6.62. The first-order valence-electron chi connectivity index (χ1n) is 7.70. The summed E-state index contributed by atoms with van der Waals surface area (Å²) in [6.07, 6.45) is 3.18. The van der Waals surface area contributed by atoms with Crippen LogP contribution in [0.15, 0.2) is 30.3 Å². The van der Waals surface area contributed by atoms with Crippen molar-refractivity contribution in [2.75, 3.05) is 19.6 Å². The van der Waals surface area contributed by atoms with Crippen molar-refractivity contribution in [2.24, 2.45) is 5.92 Å². The lowest BCUT2D eigenvalue weighted by Crippen LogP contribution is -3.09. The maximum absolute atomic E-state index is 10.9. The molecule has 2 N–H and O–H groups in total. The van der Waals surface area contributed by atoms with Gasteiger partial charge in [-0.15, -0.1) is 0 Å². The van der Waals surface area contributed by atoms with Gasteiger partial charge in [-0.3, -0.25) is 0 Å². The zero-order valence-electron chi connectivity index (χ0n) is 12.7. The first-order valence-corrected chi connectivity index (χ1v) is 7.70. The second kappa shape index (κ2) is 6.92. The van der Waals surface area contributed by atoms with Gasteiger partial charge in [0.25, 0.3) is 0 Å². The molecule has 1 aliphatic rings. The highest BCUT2D eigenvalue weighted by Gasteiger charge is 2.32. The number of likely N-dealkylation sites (tertiary alicyclic amines) is 1. The van der Waals surface area contributed by atoms with Gasteiger partial charge >= 0.3 is 0 Å². The van der Waals surface area contributed by atoms with Crippen LogP contribution in [0.5, 0.6) is 0 Å². The summed E-state index contributed by atoms with van der Waals surface area (Å²) in [5, 5.41) is 10.9. The van der Waals surface area contributed by atoms with Gasteiger partial charge in [0, 0.05) is 19.3 Å². The van der Waals surface area contributed by atoms with E-state index in [0.717, 1.165) is 12.1 Å². The highest BCUT2D eigenvalue weighted by Crippen LogP contribution is 2.32. The molecule has 20 heavy (non-hydrogen) atoms. The first kappa shape index (κ1) is 15.1. The lowest BCUT2D eigenvalue weighted by atomic mass is 9.81. The van der Waals surface area contributed by atoms with Crippen LogP contribution >= 0.6 is 0 Å². The Morgan fingerprint density at radius 2 is 1.80 bits per heavy atom. The van der Waals surface area contributed by atoms with Crippen molar-refractivity contribution >= 4 is 0 Å². The Labute approximate surface area is 122 Å². The van der Waals surface area contributed by atoms with Gasteiger partial charge < -0.3 is 10.0 Å². The van der Waals surface area contributed by atoms with Crippen LogP contribution in [0.4, 0.5) is 0 Å². The zero-order chi connectivity index (χ0) is 14.4. The molecule has 2 heteroatoms. The Balaban J connectivity index is 2.01. The fourth-order valence-electron chi connectivity index (χ4n) is 2.80. The quantitative estimate of drug-likeness (QED) is 0.800. The van der Waals surface area contributed by atoms with E-state index in [4.69, 9.17) is 0 Å². The molecule has 2 rings (SSSR count). The number of nitrogens with one attached hydrogen (secondary N) is 1. The molecule has 1 heterocycles.